The molecule has 5 aliphatic heterocycles. The summed E-state index contributed by atoms with van der Waals surface area (Å²) in [4.78, 5) is 216. The number of cyclic esters (lactones) is 2. The lowest BCUT2D eigenvalue weighted by Crippen LogP contribution is -2.61. The third kappa shape index (κ3) is 16.2. The number of rotatable bonds is 11. The smallest absolute Gasteiger partial charge is 0.329 e. The number of esters is 3. The van der Waals surface area contributed by atoms with Crippen LogP contribution in [0.15, 0.2) is 33.5 Å². The molecule has 30 nitrogen and oxygen atoms in total. The quantitative estimate of drug-likeness (QED) is 0.0623. The summed E-state index contributed by atoms with van der Waals surface area (Å²) in [5.41, 5.74) is 2.30. The molecule has 4 saturated heterocycles. The number of halogens is 2. The van der Waals surface area contributed by atoms with Gasteiger partial charge in [0, 0.05) is 52.4 Å². The van der Waals surface area contributed by atoms with Crippen LogP contribution >= 0.6 is 23.2 Å². The first-order valence-electron chi connectivity index (χ1n) is 33.9. The first-order chi connectivity index (χ1) is 47.8. The van der Waals surface area contributed by atoms with Gasteiger partial charge in [-0.05, 0) is 101 Å². The number of nitrogens with one attached hydrogen (secondary N) is 4. The summed E-state index contributed by atoms with van der Waals surface area (Å²) >= 11 is 12.5. The second kappa shape index (κ2) is 31.8. The first kappa shape index (κ1) is 78.3. The zero-order valence-electron chi connectivity index (χ0n) is 60.1. The Morgan fingerprint density at radius 1 is 0.637 bits per heavy atom. The van der Waals surface area contributed by atoms with Crippen molar-refractivity contribution in [2.75, 3.05) is 60.1 Å². The molecule has 552 valence electrons. The molecule has 0 aromatic heterocycles. The SMILES string of the molecule is Cc1c2oc3c(C)c(OC(=O)Cc4ccc(Cl)c(Cl)c4)cc(C(=O)N[C@@H]4C(=O)N[C@H](C(C)C)C(=O)N5CCC[C@@H]5C(=O)N(C)CC(=O)N(C)[C@@H](C(C)C)C(=O)O[C@@H]4C)c3nc-2c(C(=O)N[C@H]2C(=O)N[C@@H](C(C)C)C(=O)N3CCC[C@H]3C(=O)N(C)CC(=O)N(C)[C@H](C(C)C)C(=O)O[C@H]2C)c(N)c1=O. The Hall–Kier alpha value is -9.45. The summed E-state index contributed by atoms with van der Waals surface area (Å²) in [7, 11) is 5.49. The van der Waals surface area contributed by atoms with Gasteiger partial charge in [-0.3, -0.25) is 57.5 Å². The number of nitrogens with zero attached hydrogens (tertiary/aromatic N) is 7. The standard InChI is InChI=1S/C70H90Cl2N12O18/c1-30(2)50-67(95)83-23-17-19-42(83)65(93)79(13)28-45(85)81(15)56(32(5)6)69(97)99-36(11)52(63(91)75-50)77-61(89)39-27-44(101-47(87)26-38-21-22-40(71)41(72)25-38)34(9)59-54(39)74-55-48(49(73)58(88)35(10)60(55)102-59)62(90)78-53-37(12)100-70(98)57(33(7)8)82(16)46(86)29-80(14)66(94)43-20-18-24-84(43)68(96)51(31(3)4)76-64(53)92/h21-22,25,27,30-33,36-37,42-43,50-53,56-57H,17-20,23-24,26,28-29,73H2,1-16H3,(H,75,91)(H,76,92)(H,77,89)(H,78,90)/t36-,37+,42-,43+,50-,51+,52+,53-,56+,57-/m1/s1. The van der Waals surface area contributed by atoms with E-state index in [0.29, 0.717) is 18.4 Å². The average molecular weight is 1460 g/mol. The Balaban J connectivity index is 1.29. The number of nitrogens with two attached hydrogens (primary N) is 1. The van der Waals surface area contributed by atoms with Crippen LogP contribution in [0.5, 0.6) is 5.75 Å². The maximum Gasteiger partial charge on any atom is 0.329 e. The van der Waals surface area contributed by atoms with Gasteiger partial charge in [0.25, 0.3) is 11.8 Å². The lowest BCUT2D eigenvalue weighted by molar-refractivity contribution is -0.163. The molecule has 10 amide bonds. The van der Waals surface area contributed by atoms with E-state index in [2.05, 4.69) is 21.3 Å². The van der Waals surface area contributed by atoms with Crippen molar-refractivity contribution in [2.24, 2.45) is 23.7 Å². The van der Waals surface area contributed by atoms with Crippen molar-refractivity contribution < 1.29 is 81.0 Å². The number of carbonyl (C=O) groups is 13. The van der Waals surface area contributed by atoms with Crippen LogP contribution in [0.4, 0.5) is 5.69 Å². The number of fused-ring (bicyclic) bond motifs is 4. The van der Waals surface area contributed by atoms with Crippen LogP contribution in [0.1, 0.15) is 132 Å². The van der Waals surface area contributed by atoms with Crippen molar-refractivity contribution >= 4 is 117 Å². The van der Waals surface area contributed by atoms with Crippen molar-refractivity contribution in [1.29, 1.82) is 0 Å². The molecule has 102 heavy (non-hydrogen) atoms. The molecule has 1 aliphatic carbocycles. The van der Waals surface area contributed by atoms with Gasteiger partial charge in [0.2, 0.25) is 52.7 Å². The highest BCUT2D eigenvalue weighted by atomic mass is 35.5. The van der Waals surface area contributed by atoms with Crippen molar-refractivity contribution in [1.82, 2.24) is 55.7 Å². The number of likely N-dealkylation sites (N-methyl/N-ethyl adjacent to an activating group) is 4. The molecule has 6 N–H and O–H groups in total. The molecular weight excluding hydrogens is 1370 g/mol. The van der Waals surface area contributed by atoms with Gasteiger partial charge < -0.3 is 75.0 Å². The van der Waals surface area contributed by atoms with E-state index < -0.39 is 220 Å². The number of nitrogen functional groups attached to an aromatic ring is 1. The molecule has 2 aromatic carbocycles. The number of anilines is 1. The third-order valence-corrected chi connectivity index (χ3v) is 19.9. The van der Waals surface area contributed by atoms with Crippen molar-refractivity contribution in [3.63, 3.8) is 0 Å². The monoisotopic (exact) mass is 1460 g/mol. The summed E-state index contributed by atoms with van der Waals surface area (Å²) in [6.45, 7) is 17.6. The number of benzene rings is 3. The van der Waals surface area contributed by atoms with Gasteiger partial charge in [-0.15, -0.1) is 0 Å². The molecule has 0 bridgehead atoms. The number of ether oxygens (including phenoxy) is 3. The van der Waals surface area contributed by atoms with Crippen molar-refractivity contribution in [3.8, 4) is 17.2 Å². The van der Waals surface area contributed by atoms with Crippen LogP contribution in [0.3, 0.4) is 0 Å². The Bertz CT molecular complexity index is 4080. The number of aryl methyl sites for hydroxylation is 1. The molecular formula is C70H90Cl2N12O18. The van der Waals surface area contributed by atoms with Crippen LogP contribution in [-0.4, -0.2) is 226 Å². The Kier molecular flexibility index (Phi) is 24.4. The van der Waals surface area contributed by atoms with E-state index in [1.807, 2.05) is 0 Å². The first-order valence-corrected chi connectivity index (χ1v) is 34.6. The predicted octanol–water partition coefficient (Wildman–Crippen LogP) is 3.18. The van der Waals surface area contributed by atoms with Gasteiger partial charge in [0.05, 0.1) is 46.4 Å². The van der Waals surface area contributed by atoms with Gasteiger partial charge in [-0.25, -0.2) is 14.6 Å². The molecule has 5 heterocycles. The molecule has 0 unspecified atom stereocenters. The highest BCUT2D eigenvalue weighted by Gasteiger charge is 2.47. The van der Waals surface area contributed by atoms with Crippen LogP contribution in [0, 0.1) is 37.5 Å². The fraction of sp³-hybridized carbons (Fsp3) is 0.557. The minimum Gasteiger partial charge on any atom is -0.458 e. The largest absolute Gasteiger partial charge is 0.458 e. The topological polar surface area (TPSA) is 386 Å². The lowest BCUT2D eigenvalue weighted by Gasteiger charge is -2.36. The van der Waals surface area contributed by atoms with Gasteiger partial charge in [-0.1, -0.05) is 84.7 Å². The minimum absolute atomic E-state index is 0.0317. The van der Waals surface area contributed by atoms with Crippen molar-refractivity contribution in [2.45, 2.75) is 176 Å². The highest BCUT2D eigenvalue weighted by molar-refractivity contribution is 6.42. The number of aromatic nitrogens is 1. The van der Waals surface area contributed by atoms with E-state index in [1.165, 1.54) is 93.7 Å². The van der Waals surface area contributed by atoms with Crippen LogP contribution in [0.2, 0.25) is 10.0 Å². The van der Waals surface area contributed by atoms with Crippen LogP contribution in [-0.2, 0) is 68.6 Å². The normalized spacial score (nSPS) is 24.5. The fourth-order valence-corrected chi connectivity index (χ4v) is 13.7. The maximum absolute atomic E-state index is 15.7. The second-order valence-corrected chi connectivity index (χ2v) is 28.9. The summed E-state index contributed by atoms with van der Waals surface area (Å²) in [5, 5.41) is 10.9. The molecule has 0 radical (unpaired) electrons. The summed E-state index contributed by atoms with van der Waals surface area (Å²) in [5.74, 6) is -14.8. The molecule has 0 saturated carbocycles. The van der Waals surface area contributed by atoms with Crippen LogP contribution in [0.25, 0.3) is 22.6 Å². The molecule has 32 heteroatoms. The summed E-state index contributed by atoms with van der Waals surface area (Å²) in [6.07, 6.45) is -2.44. The Labute approximate surface area is 599 Å². The van der Waals surface area contributed by atoms with E-state index >= 15 is 19.2 Å². The van der Waals surface area contributed by atoms with E-state index in [-0.39, 0.29) is 58.4 Å². The zero-order valence-corrected chi connectivity index (χ0v) is 61.6. The van der Waals surface area contributed by atoms with Gasteiger partial charge in [-0.2, -0.15) is 0 Å². The predicted molar refractivity (Wildman–Crippen MR) is 371 cm³/mol. The third-order valence-electron chi connectivity index (χ3n) is 19.2. The van der Waals surface area contributed by atoms with Gasteiger partial charge in [0.15, 0.2) is 11.3 Å². The molecule has 6 aliphatic rings. The van der Waals surface area contributed by atoms with Crippen molar-refractivity contribution in [3.05, 3.63) is 72.4 Å². The molecule has 4 fully saturated rings. The van der Waals surface area contributed by atoms with E-state index in [9.17, 15) is 47.9 Å². The molecule has 10 atom stereocenters. The Morgan fingerprint density at radius 3 is 1.54 bits per heavy atom. The van der Waals surface area contributed by atoms with E-state index in [4.69, 9.17) is 52.5 Å². The molecule has 0 spiro atoms. The fourth-order valence-electron chi connectivity index (χ4n) is 13.4. The van der Waals surface area contributed by atoms with Gasteiger partial charge in [0.1, 0.15) is 77.5 Å². The van der Waals surface area contributed by atoms with E-state index in [0.717, 1.165) is 15.9 Å². The maximum atomic E-state index is 15.7. The summed E-state index contributed by atoms with van der Waals surface area (Å²) < 4.78 is 24.5. The van der Waals surface area contributed by atoms with Gasteiger partial charge >= 0.3 is 17.9 Å². The number of carbonyl (C=O) groups excluding carboxylic acids is 13. The second-order valence-electron chi connectivity index (χ2n) is 28.1. The minimum atomic E-state index is -1.97. The number of hydrogen-bond acceptors (Lipinski definition) is 20. The average Bonchev–Trinajstić information content (AvgIpc) is 0.935. The van der Waals surface area contributed by atoms with Crippen LogP contribution < -0.4 is 37.2 Å². The molecule has 2 aromatic rings. The number of amides is 10. The number of hydrogen-bond donors (Lipinski definition) is 5. The Morgan fingerprint density at radius 2 is 1.10 bits per heavy atom. The van der Waals surface area contributed by atoms with E-state index in [1.54, 1.807) is 55.4 Å². The lowest BCUT2D eigenvalue weighted by atomic mass is 9.98. The summed E-state index contributed by atoms with van der Waals surface area (Å²) in [6, 6.07) is -5.88. The zero-order chi connectivity index (χ0) is 75.7. The highest BCUT2D eigenvalue weighted by Crippen LogP contribution is 2.39. The molecule has 8 rings (SSSR count).